The highest BCUT2D eigenvalue weighted by atomic mass is 16.5. The number of methoxy groups -OCH3 is 1. The van der Waals surface area contributed by atoms with Crippen LogP contribution in [0.2, 0.25) is 0 Å². The van der Waals surface area contributed by atoms with Crippen LogP contribution in [0.5, 0.6) is 5.75 Å². The number of amides is 1. The van der Waals surface area contributed by atoms with Crippen molar-refractivity contribution in [3.05, 3.63) is 29.3 Å². The van der Waals surface area contributed by atoms with Crippen LogP contribution in [0.3, 0.4) is 0 Å². The van der Waals surface area contributed by atoms with Gasteiger partial charge in [0.25, 0.3) is 5.91 Å². The molecule has 3 nitrogen and oxygen atoms in total. The fraction of sp³-hybridized carbons (Fsp3) is 0.500. The van der Waals surface area contributed by atoms with E-state index in [2.05, 4.69) is 12.2 Å². The highest BCUT2D eigenvalue weighted by molar-refractivity contribution is 5.94. The maximum absolute atomic E-state index is 12.0. The number of carbonyl (C=O) groups is 1. The summed E-state index contributed by atoms with van der Waals surface area (Å²) in [5.74, 6) is 1.42. The minimum Gasteiger partial charge on any atom is -0.496 e. The van der Waals surface area contributed by atoms with Gasteiger partial charge in [0.05, 0.1) is 7.11 Å². The molecule has 1 saturated carbocycles. The summed E-state index contributed by atoms with van der Waals surface area (Å²) in [6.07, 6.45) is 2.47. The molecule has 0 radical (unpaired) electrons. The third-order valence-electron chi connectivity index (χ3n) is 3.36. The normalized spacial score (nSPS) is 16.4. The van der Waals surface area contributed by atoms with E-state index in [0.29, 0.717) is 11.5 Å². The Labute approximate surface area is 102 Å². The minimum atomic E-state index is -0.0114. The Morgan fingerprint density at radius 2 is 2.18 bits per heavy atom. The molecular weight excluding hydrogens is 214 g/mol. The van der Waals surface area contributed by atoms with E-state index < -0.39 is 0 Å². The molecule has 0 saturated heterocycles. The number of benzene rings is 1. The molecule has 17 heavy (non-hydrogen) atoms. The predicted molar refractivity (Wildman–Crippen MR) is 67.4 cm³/mol. The Balaban J connectivity index is 2.07. The molecule has 1 atom stereocenters. The van der Waals surface area contributed by atoms with Gasteiger partial charge in [0.2, 0.25) is 0 Å². The minimum absolute atomic E-state index is 0.0114. The standard InChI is InChI=1S/C14H19NO2/c1-9-4-5-12(8-13(9)17-3)14(16)15-10(2)11-6-7-11/h4-5,8,10-11H,6-7H2,1-3H3,(H,15,16)/t10-/m0/s1. The summed E-state index contributed by atoms with van der Waals surface area (Å²) in [5.41, 5.74) is 1.71. The predicted octanol–water partition coefficient (Wildman–Crippen LogP) is 2.53. The molecule has 1 aromatic rings. The van der Waals surface area contributed by atoms with Crippen molar-refractivity contribution in [2.24, 2.45) is 5.92 Å². The first kappa shape index (κ1) is 12.0. The van der Waals surface area contributed by atoms with Crippen LogP contribution in [0.1, 0.15) is 35.7 Å². The molecule has 3 heteroatoms. The van der Waals surface area contributed by atoms with E-state index in [-0.39, 0.29) is 11.9 Å². The molecule has 2 rings (SSSR count). The van der Waals surface area contributed by atoms with Crippen LogP contribution in [0.4, 0.5) is 0 Å². The molecule has 1 fully saturated rings. The van der Waals surface area contributed by atoms with E-state index in [1.165, 1.54) is 12.8 Å². The molecule has 1 N–H and O–H groups in total. The highest BCUT2D eigenvalue weighted by Gasteiger charge is 2.29. The van der Waals surface area contributed by atoms with Crippen molar-refractivity contribution < 1.29 is 9.53 Å². The van der Waals surface area contributed by atoms with Crippen LogP contribution in [0.15, 0.2) is 18.2 Å². The van der Waals surface area contributed by atoms with Gasteiger partial charge in [0.15, 0.2) is 0 Å². The van der Waals surface area contributed by atoms with Crippen LogP contribution in [0.25, 0.3) is 0 Å². The van der Waals surface area contributed by atoms with Crippen LogP contribution >= 0.6 is 0 Å². The first-order valence-corrected chi connectivity index (χ1v) is 6.07. The van der Waals surface area contributed by atoms with E-state index >= 15 is 0 Å². The Bertz CT molecular complexity index is 424. The second kappa shape index (κ2) is 4.78. The summed E-state index contributed by atoms with van der Waals surface area (Å²) < 4.78 is 5.22. The van der Waals surface area contributed by atoms with Crippen molar-refractivity contribution in [3.8, 4) is 5.75 Å². The highest BCUT2D eigenvalue weighted by Crippen LogP contribution is 2.32. The van der Waals surface area contributed by atoms with Crippen molar-refractivity contribution in [2.75, 3.05) is 7.11 Å². The van der Waals surface area contributed by atoms with Gasteiger partial charge in [0.1, 0.15) is 5.75 Å². The van der Waals surface area contributed by atoms with Crippen molar-refractivity contribution in [2.45, 2.75) is 32.7 Å². The Hall–Kier alpha value is -1.51. The number of aryl methyl sites for hydroxylation is 1. The van der Waals surface area contributed by atoms with Crippen molar-refractivity contribution >= 4 is 5.91 Å². The van der Waals surface area contributed by atoms with E-state index in [0.717, 1.165) is 11.3 Å². The zero-order valence-electron chi connectivity index (χ0n) is 10.6. The second-order valence-electron chi connectivity index (χ2n) is 4.78. The summed E-state index contributed by atoms with van der Waals surface area (Å²) in [6, 6.07) is 5.82. The molecule has 0 bridgehead atoms. The molecule has 0 spiro atoms. The average Bonchev–Trinajstić information content (AvgIpc) is 3.13. The van der Waals surface area contributed by atoms with Gasteiger partial charge < -0.3 is 10.1 Å². The number of hydrogen-bond donors (Lipinski definition) is 1. The third kappa shape index (κ3) is 2.78. The van der Waals surface area contributed by atoms with E-state index in [4.69, 9.17) is 4.74 Å². The van der Waals surface area contributed by atoms with Crippen LogP contribution < -0.4 is 10.1 Å². The smallest absolute Gasteiger partial charge is 0.251 e. The molecule has 1 amide bonds. The fourth-order valence-corrected chi connectivity index (χ4v) is 1.97. The van der Waals surface area contributed by atoms with Gasteiger partial charge in [0, 0.05) is 11.6 Å². The first-order valence-electron chi connectivity index (χ1n) is 6.07. The second-order valence-corrected chi connectivity index (χ2v) is 4.78. The lowest BCUT2D eigenvalue weighted by molar-refractivity contribution is 0.0935. The Morgan fingerprint density at radius 1 is 1.47 bits per heavy atom. The maximum atomic E-state index is 12.0. The van der Waals surface area contributed by atoms with Gasteiger partial charge in [-0.3, -0.25) is 4.79 Å². The van der Waals surface area contributed by atoms with Gasteiger partial charge in [-0.2, -0.15) is 0 Å². The largest absolute Gasteiger partial charge is 0.496 e. The zero-order valence-corrected chi connectivity index (χ0v) is 10.6. The quantitative estimate of drug-likeness (QED) is 0.867. The van der Waals surface area contributed by atoms with Crippen LogP contribution in [-0.4, -0.2) is 19.1 Å². The average molecular weight is 233 g/mol. The molecule has 0 unspecified atom stereocenters. The number of ether oxygens (including phenoxy) is 1. The molecule has 1 aliphatic rings. The number of hydrogen-bond acceptors (Lipinski definition) is 2. The summed E-state index contributed by atoms with van der Waals surface area (Å²) in [4.78, 5) is 12.0. The maximum Gasteiger partial charge on any atom is 0.251 e. The van der Waals surface area contributed by atoms with Gasteiger partial charge in [-0.05, 0) is 50.3 Å². The van der Waals surface area contributed by atoms with Gasteiger partial charge >= 0.3 is 0 Å². The van der Waals surface area contributed by atoms with E-state index in [1.807, 2.05) is 19.1 Å². The Morgan fingerprint density at radius 3 is 2.76 bits per heavy atom. The number of carbonyl (C=O) groups excluding carboxylic acids is 1. The molecule has 0 aliphatic heterocycles. The lowest BCUT2D eigenvalue weighted by atomic mass is 10.1. The molecule has 0 heterocycles. The van der Waals surface area contributed by atoms with Crippen LogP contribution in [0, 0.1) is 12.8 Å². The van der Waals surface area contributed by atoms with Crippen molar-refractivity contribution in [1.82, 2.24) is 5.32 Å². The van der Waals surface area contributed by atoms with E-state index in [1.54, 1.807) is 13.2 Å². The van der Waals surface area contributed by atoms with Gasteiger partial charge in [-0.1, -0.05) is 6.07 Å². The summed E-state index contributed by atoms with van der Waals surface area (Å²) >= 11 is 0. The molecule has 0 aromatic heterocycles. The zero-order chi connectivity index (χ0) is 12.4. The fourth-order valence-electron chi connectivity index (χ4n) is 1.97. The Kier molecular flexibility index (Phi) is 3.36. The summed E-state index contributed by atoms with van der Waals surface area (Å²) in [6.45, 7) is 4.04. The molecule has 1 aromatic carbocycles. The molecule has 1 aliphatic carbocycles. The first-order chi connectivity index (χ1) is 8.11. The topological polar surface area (TPSA) is 38.3 Å². The number of nitrogens with one attached hydrogen (secondary N) is 1. The monoisotopic (exact) mass is 233 g/mol. The van der Waals surface area contributed by atoms with Crippen molar-refractivity contribution in [1.29, 1.82) is 0 Å². The third-order valence-corrected chi connectivity index (χ3v) is 3.36. The summed E-state index contributed by atoms with van der Waals surface area (Å²) in [7, 11) is 1.62. The summed E-state index contributed by atoms with van der Waals surface area (Å²) in [5, 5.41) is 3.03. The lowest BCUT2D eigenvalue weighted by Gasteiger charge is -2.13. The SMILES string of the molecule is COc1cc(C(=O)N[C@@H](C)C2CC2)ccc1C. The number of rotatable bonds is 4. The van der Waals surface area contributed by atoms with Crippen molar-refractivity contribution in [3.63, 3.8) is 0 Å². The molecule has 92 valence electrons. The lowest BCUT2D eigenvalue weighted by Crippen LogP contribution is -2.33. The van der Waals surface area contributed by atoms with Crippen LogP contribution in [-0.2, 0) is 0 Å². The van der Waals surface area contributed by atoms with Gasteiger partial charge in [-0.15, -0.1) is 0 Å². The molecular formula is C14H19NO2. The van der Waals surface area contributed by atoms with Gasteiger partial charge in [-0.25, -0.2) is 0 Å². The van der Waals surface area contributed by atoms with E-state index in [9.17, 15) is 4.79 Å².